The summed E-state index contributed by atoms with van der Waals surface area (Å²) in [5, 5.41) is 5.76. The van der Waals surface area contributed by atoms with Crippen molar-refractivity contribution in [3.63, 3.8) is 0 Å². The third kappa shape index (κ3) is 5.54. The summed E-state index contributed by atoms with van der Waals surface area (Å²) in [5.74, 6) is -0.398. The Bertz CT molecular complexity index is 1090. The zero-order valence-corrected chi connectivity index (χ0v) is 18.7. The molecule has 1 aliphatic rings. The van der Waals surface area contributed by atoms with Gasteiger partial charge in [-0.3, -0.25) is 4.79 Å². The summed E-state index contributed by atoms with van der Waals surface area (Å²) in [6.45, 7) is 1.40. The maximum atomic E-state index is 14.7. The van der Waals surface area contributed by atoms with Gasteiger partial charge in [0, 0.05) is 30.2 Å². The van der Waals surface area contributed by atoms with Crippen molar-refractivity contribution in [2.75, 3.05) is 13.2 Å². The molecule has 162 valence electrons. The third-order valence-corrected chi connectivity index (χ3v) is 6.43. The summed E-state index contributed by atoms with van der Waals surface area (Å²) >= 11 is 13.1. The van der Waals surface area contributed by atoms with Crippen LogP contribution in [0.1, 0.15) is 28.9 Å². The Hall–Kier alpha value is -2.19. The van der Waals surface area contributed by atoms with Crippen LogP contribution >= 0.6 is 34.5 Å². The molecule has 0 spiro atoms. The smallest absolute Gasteiger partial charge is 0.270 e. The number of nitrogens with zero attached hydrogens (tertiary/aromatic N) is 1. The van der Waals surface area contributed by atoms with E-state index in [9.17, 15) is 9.18 Å². The second-order valence-electron chi connectivity index (χ2n) is 7.06. The molecule has 2 aromatic carbocycles. The highest BCUT2D eigenvalue weighted by atomic mass is 35.5. The largest absolute Gasteiger partial charge is 0.489 e. The molecule has 1 aliphatic heterocycles. The van der Waals surface area contributed by atoms with Gasteiger partial charge >= 0.3 is 0 Å². The summed E-state index contributed by atoms with van der Waals surface area (Å²) in [5.41, 5.74) is 1.39. The molecule has 1 aromatic heterocycles. The summed E-state index contributed by atoms with van der Waals surface area (Å²) in [6.07, 6.45) is 2.00. The van der Waals surface area contributed by atoms with Gasteiger partial charge in [-0.15, -0.1) is 11.3 Å². The maximum absolute atomic E-state index is 14.7. The van der Waals surface area contributed by atoms with Gasteiger partial charge in [-0.05, 0) is 42.7 Å². The molecule has 4 rings (SSSR count). The Balaban J connectivity index is 1.38. The van der Waals surface area contributed by atoms with Crippen LogP contribution in [0.25, 0.3) is 10.6 Å². The van der Waals surface area contributed by atoms with E-state index < -0.39 is 5.82 Å². The first-order valence-corrected chi connectivity index (χ1v) is 11.3. The second kappa shape index (κ2) is 9.96. The Morgan fingerprint density at radius 2 is 2.13 bits per heavy atom. The van der Waals surface area contributed by atoms with Crippen LogP contribution in [0.2, 0.25) is 10.0 Å². The monoisotopic (exact) mass is 480 g/mol. The first-order valence-electron chi connectivity index (χ1n) is 9.71. The Morgan fingerprint density at radius 3 is 2.87 bits per heavy atom. The van der Waals surface area contributed by atoms with E-state index in [4.69, 9.17) is 32.7 Å². The molecule has 1 fully saturated rings. The molecule has 1 atom stereocenters. The predicted octanol–water partition coefficient (Wildman–Crippen LogP) is 5.74. The molecule has 1 amide bonds. The number of hydrogen-bond acceptors (Lipinski definition) is 5. The highest BCUT2D eigenvalue weighted by Gasteiger charge is 2.19. The molecule has 3 aromatic rings. The highest BCUT2D eigenvalue weighted by Crippen LogP contribution is 2.30. The number of hydrogen-bond donors (Lipinski definition) is 1. The Morgan fingerprint density at radius 1 is 1.26 bits per heavy atom. The Labute approximate surface area is 193 Å². The standard InChI is InChI=1S/C22H19Cl2FN2O3S/c23-17-6-3-13(8-18(17)24)11-30-14-4-5-16(19(25)9-14)22-27-20(12-31-22)21(28)26-10-15-2-1-7-29-15/h3-6,8-9,12,15H,1-2,7,10-11H2,(H,26,28)/t15-/m1/s1. The summed E-state index contributed by atoms with van der Waals surface area (Å²) in [4.78, 5) is 16.6. The van der Waals surface area contributed by atoms with E-state index in [1.54, 1.807) is 35.7 Å². The van der Waals surface area contributed by atoms with Crippen molar-refractivity contribution in [3.8, 4) is 16.3 Å². The van der Waals surface area contributed by atoms with Crippen LogP contribution in [0.15, 0.2) is 41.8 Å². The van der Waals surface area contributed by atoms with Crippen LogP contribution in [0, 0.1) is 5.82 Å². The van der Waals surface area contributed by atoms with Crippen LogP contribution in [0.4, 0.5) is 4.39 Å². The SMILES string of the molecule is O=C(NC[C@H]1CCCO1)c1csc(-c2ccc(OCc3ccc(Cl)c(Cl)c3)cc2F)n1. The van der Waals surface area contributed by atoms with Gasteiger partial charge in [-0.25, -0.2) is 9.37 Å². The van der Waals surface area contributed by atoms with E-state index in [1.165, 1.54) is 17.4 Å². The average Bonchev–Trinajstić information content (AvgIpc) is 3.45. The zero-order chi connectivity index (χ0) is 21.8. The minimum atomic E-state index is -0.479. The molecule has 0 saturated carbocycles. The van der Waals surface area contributed by atoms with Crippen LogP contribution in [-0.4, -0.2) is 30.1 Å². The van der Waals surface area contributed by atoms with Gasteiger partial charge in [-0.1, -0.05) is 29.3 Å². The van der Waals surface area contributed by atoms with Crippen molar-refractivity contribution in [1.29, 1.82) is 0 Å². The lowest BCUT2D eigenvalue weighted by atomic mass is 10.2. The number of rotatable bonds is 7. The van der Waals surface area contributed by atoms with Crippen molar-refractivity contribution in [1.82, 2.24) is 10.3 Å². The van der Waals surface area contributed by atoms with Gasteiger partial charge in [0.2, 0.25) is 0 Å². The molecule has 2 heterocycles. The van der Waals surface area contributed by atoms with Crippen molar-refractivity contribution in [2.45, 2.75) is 25.6 Å². The summed E-state index contributed by atoms with van der Waals surface area (Å²) < 4.78 is 25.8. The van der Waals surface area contributed by atoms with Crippen molar-refractivity contribution < 1.29 is 18.7 Å². The van der Waals surface area contributed by atoms with E-state index >= 15 is 0 Å². The van der Waals surface area contributed by atoms with Crippen LogP contribution < -0.4 is 10.1 Å². The van der Waals surface area contributed by atoms with Crippen LogP contribution in [-0.2, 0) is 11.3 Å². The fourth-order valence-corrected chi connectivity index (χ4v) is 4.31. The van der Waals surface area contributed by atoms with E-state index in [-0.39, 0.29) is 24.3 Å². The molecule has 9 heteroatoms. The molecule has 0 aliphatic carbocycles. The van der Waals surface area contributed by atoms with Gasteiger partial charge in [0.1, 0.15) is 28.9 Å². The molecule has 0 radical (unpaired) electrons. The average molecular weight is 481 g/mol. The first kappa shape index (κ1) is 22.0. The molecule has 0 unspecified atom stereocenters. The number of thiazole rings is 1. The van der Waals surface area contributed by atoms with Crippen LogP contribution in [0.5, 0.6) is 5.75 Å². The number of aromatic nitrogens is 1. The number of halogens is 3. The normalized spacial score (nSPS) is 15.8. The minimum Gasteiger partial charge on any atom is -0.489 e. The number of nitrogens with one attached hydrogen (secondary N) is 1. The summed E-state index contributed by atoms with van der Waals surface area (Å²) in [7, 11) is 0. The number of benzene rings is 2. The first-order chi connectivity index (χ1) is 15.0. The number of ether oxygens (including phenoxy) is 2. The molecule has 1 saturated heterocycles. The number of carbonyl (C=O) groups is 1. The zero-order valence-electron chi connectivity index (χ0n) is 16.4. The van der Waals surface area contributed by atoms with Gasteiger partial charge < -0.3 is 14.8 Å². The molecule has 31 heavy (non-hydrogen) atoms. The lowest BCUT2D eigenvalue weighted by Gasteiger charge is -2.09. The number of amides is 1. The fourth-order valence-electron chi connectivity index (χ4n) is 3.16. The second-order valence-corrected chi connectivity index (χ2v) is 8.73. The van der Waals surface area contributed by atoms with Gasteiger partial charge in [0.05, 0.1) is 16.1 Å². The topological polar surface area (TPSA) is 60.5 Å². The van der Waals surface area contributed by atoms with Crippen molar-refractivity contribution in [3.05, 3.63) is 68.9 Å². The predicted molar refractivity (Wildman–Crippen MR) is 120 cm³/mol. The van der Waals surface area contributed by atoms with Crippen LogP contribution in [0.3, 0.4) is 0 Å². The molecular formula is C22H19Cl2FN2O3S. The Kier molecular flexibility index (Phi) is 7.07. The molecule has 5 nitrogen and oxygen atoms in total. The van der Waals surface area contributed by atoms with E-state index in [2.05, 4.69) is 10.3 Å². The van der Waals surface area contributed by atoms with Crippen molar-refractivity contribution in [2.24, 2.45) is 0 Å². The van der Waals surface area contributed by atoms with Gasteiger partial charge in [-0.2, -0.15) is 0 Å². The lowest BCUT2D eigenvalue weighted by molar-refractivity contribution is 0.0854. The van der Waals surface area contributed by atoms with E-state index in [1.807, 2.05) is 0 Å². The van der Waals surface area contributed by atoms with Gasteiger partial charge in [0.25, 0.3) is 5.91 Å². The minimum absolute atomic E-state index is 0.0518. The van der Waals surface area contributed by atoms with E-state index in [0.717, 1.165) is 25.0 Å². The highest BCUT2D eigenvalue weighted by molar-refractivity contribution is 7.13. The van der Waals surface area contributed by atoms with E-state index in [0.29, 0.717) is 32.9 Å². The maximum Gasteiger partial charge on any atom is 0.270 e. The van der Waals surface area contributed by atoms with Gasteiger partial charge in [0.15, 0.2) is 0 Å². The fraction of sp³-hybridized carbons (Fsp3) is 0.273. The molecule has 1 N–H and O–H groups in total. The number of carbonyl (C=O) groups excluding carboxylic acids is 1. The quantitative estimate of drug-likeness (QED) is 0.467. The molecule has 0 bridgehead atoms. The molecular weight excluding hydrogens is 462 g/mol. The lowest BCUT2D eigenvalue weighted by Crippen LogP contribution is -2.31. The third-order valence-electron chi connectivity index (χ3n) is 4.81. The van der Waals surface area contributed by atoms with Crippen molar-refractivity contribution >= 4 is 40.4 Å². The summed E-state index contributed by atoms with van der Waals surface area (Å²) in [6, 6.07) is 9.73.